The number of benzene rings is 2. The standard InChI is InChI=1S/C26H26O7/c1-18(2)25(29)33-23-12-8-21(9-13-23)24(28)14-7-20-5-10-22(11-6-20)31-15-4-16-32-26(30)19(3)17-27/h5-14,27H,1,3-4,15-17H2,2H3/b14-7+. The van der Waals surface area contributed by atoms with E-state index in [1.165, 1.54) is 6.08 Å². The number of ketones is 1. The van der Waals surface area contributed by atoms with Crippen molar-refractivity contribution in [3.05, 3.63) is 90.0 Å². The molecule has 0 heterocycles. The molecule has 0 radical (unpaired) electrons. The Bertz CT molecular complexity index is 1030. The van der Waals surface area contributed by atoms with Gasteiger partial charge in [-0.3, -0.25) is 4.79 Å². The van der Waals surface area contributed by atoms with E-state index < -0.39 is 18.5 Å². The van der Waals surface area contributed by atoms with E-state index in [9.17, 15) is 14.4 Å². The second-order valence-corrected chi connectivity index (χ2v) is 7.06. The summed E-state index contributed by atoms with van der Waals surface area (Å²) in [6.07, 6.45) is 3.64. The van der Waals surface area contributed by atoms with Crippen molar-refractivity contribution in [3.63, 3.8) is 0 Å². The van der Waals surface area contributed by atoms with Crippen LogP contribution in [0.3, 0.4) is 0 Å². The van der Waals surface area contributed by atoms with Crippen LogP contribution in [0.4, 0.5) is 0 Å². The molecule has 0 spiro atoms. The van der Waals surface area contributed by atoms with Crippen LogP contribution >= 0.6 is 0 Å². The normalized spacial score (nSPS) is 10.5. The van der Waals surface area contributed by atoms with Crippen LogP contribution in [0, 0.1) is 0 Å². The van der Waals surface area contributed by atoms with Crippen LogP contribution in [-0.2, 0) is 14.3 Å². The van der Waals surface area contributed by atoms with Gasteiger partial charge in [-0.25, -0.2) is 9.59 Å². The zero-order valence-electron chi connectivity index (χ0n) is 18.4. The van der Waals surface area contributed by atoms with Gasteiger partial charge in [0, 0.05) is 17.6 Å². The molecule has 0 amide bonds. The molecule has 2 rings (SSSR count). The van der Waals surface area contributed by atoms with Crippen LogP contribution in [0.15, 0.2) is 78.9 Å². The van der Waals surface area contributed by atoms with E-state index in [4.69, 9.17) is 19.3 Å². The summed E-state index contributed by atoms with van der Waals surface area (Å²) in [5, 5.41) is 8.79. The van der Waals surface area contributed by atoms with Gasteiger partial charge in [0.25, 0.3) is 0 Å². The molecule has 0 aromatic heterocycles. The van der Waals surface area contributed by atoms with Crippen molar-refractivity contribution in [2.75, 3.05) is 19.8 Å². The quantitative estimate of drug-likeness (QED) is 0.172. The molecule has 7 nitrogen and oxygen atoms in total. The lowest BCUT2D eigenvalue weighted by Gasteiger charge is -2.07. The summed E-state index contributed by atoms with van der Waals surface area (Å²) in [5.74, 6) is -0.344. The highest BCUT2D eigenvalue weighted by molar-refractivity contribution is 6.06. The van der Waals surface area contributed by atoms with Crippen LogP contribution in [0.25, 0.3) is 6.08 Å². The van der Waals surface area contributed by atoms with Crippen LogP contribution in [0.5, 0.6) is 11.5 Å². The van der Waals surface area contributed by atoms with E-state index in [2.05, 4.69) is 13.2 Å². The van der Waals surface area contributed by atoms with Crippen molar-refractivity contribution in [1.82, 2.24) is 0 Å². The number of carbonyl (C=O) groups is 3. The summed E-state index contributed by atoms with van der Waals surface area (Å²) in [6, 6.07) is 13.4. The molecule has 2 aromatic rings. The van der Waals surface area contributed by atoms with Crippen molar-refractivity contribution in [1.29, 1.82) is 0 Å². The molecule has 0 aliphatic carbocycles. The Morgan fingerprint density at radius 1 is 0.909 bits per heavy atom. The average molecular weight is 450 g/mol. The number of carbonyl (C=O) groups excluding carboxylic acids is 3. The molecular weight excluding hydrogens is 424 g/mol. The van der Waals surface area contributed by atoms with Gasteiger partial charge in [0.2, 0.25) is 0 Å². The van der Waals surface area contributed by atoms with E-state index >= 15 is 0 Å². The number of rotatable bonds is 12. The number of aliphatic hydroxyl groups excluding tert-OH is 1. The summed E-state index contributed by atoms with van der Waals surface area (Å²) < 4.78 is 15.6. The second-order valence-electron chi connectivity index (χ2n) is 7.06. The highest BCUT2D eigenvalue weighted by atomic mass is 16.5. The highest BCUT2D eigenvalue weighted by Crippen LogP contribution is 2.16. The second kappa shape index (κ2) is 12.8. The molecule has 172 valence electrons. The molecule has 0 saturated heterocycles. The molecule has 2 aromatic carbocycles. The minimum atomic E-state index is -0.620. The molecule has 0 aliphatic heterocycles. The van der Waals surface area contributed by atoms with Gasteiger partial charge in [-0.2, -0.15) is 0 Å². The van der Waals surface area contributed by atoms with Crippen LogP contribution in [0.2, 0.25) is 0 Å². The predicted octanol–water partition coefficient (Wildman–Crippen LogP) is 3.92. The lowest BCUT2D eigenvalue weighted by atomic mass is 10.1. The zero-order valence-corrected chi connectivity index (χ0v) is 18.4. The van der Waals surface area contributed by atoms with E-state index in [0.717, 1.165) is 5.56 Å². The van der Waals surface area contributed by atoms with E-state index in [-0.39, 0.29) is 18.0 Å². The zero-order chi connectivity index (χ0) is 24.2. The smallest absolute Gasteiger partial charge is 0.338 e. The Kier molecular flexibility index (Phi) is 9.80. The minimum absolute atomic E-state index is 0.0131. The first-order valence-electron chi connectivity index (χ1n) is 10.2. The number of hydrogen-bond donors (Lipinski definition) is 1. The molecule has 0 atom stereocenters. The molecule has 0 saturated carbocycles. The van der Waals surface area contributed by atoms with Crippen molar-refractivity contribution in [2.24, 2.45) is 0 Å². The Hall–Kier alpha value is -3.97. The topological polar surface area (TPSA) is 99.1 Å². The van der Waals surface area contributed by atoms with E-state index in [1.807, 2.05) is 12.1 Å². The molecule has 33 heavy (non-hydrogen) atoms. The van der Waals surface area contributed by atoms with Gasteiger partial charge in [-0.05, 0) is 55.0 Å². The van der Waals surface area contributed by atoms with Gasteiger partial charge in [0.05, 0.1) is 25.4 Å². The maximum atomic E-state index is 12.4. The maximum absolute atomic E-state index is 12.4. The third kappa shape index (κ3) is 8.59. The van der Waals surface area contributed by atoms with Crippen LogP contribution in [0.1, 0.15) is 29.3 Å². The third-order valence-electron chi connectivity index (χ3n) is 4.28. The van der Waals surface area contributed by atoms with Gasteiger partial charge >= 0.3 is 11.9 Å². The van der Waals surface area contributed by atoms with Gasteiger partial charge in [0.1, 0.15) is 11.5 Å². The summed E-state index contributed by atoms with van der Waals surface area (Å²) in [6.45, 7) is 8.55. The molecule has 0 fully saturated rings. The van der Waals surface area contributed by atoms with Gasteiger partial charge in [0.15, 0.2) is 5.78 Å². The Labute approximate surface area is 192 Å². The first-order valence-corrected chi connectivity index (χ1v) is 10.2. The molecular formula is C26H26O7. The Morgan fingerprint density at radius 2 is 1.55 bits per heavy atom. The summed E-state index contributed by atoms with van der Waals surface area (Å²) in [4.78, 5) is 35.2. The molecule has 0 bridgehead atoms. The Balaban J connectivity index is 1.79. The third-order valence-corrected chi connectivity index (χ3v) is 4.28. The van der Waals surface area contributed by atoms with Crippen molar-refractivity contribution in [3.8, 4) is 11.5 Å². The highest BCUT2D eigenvalue weighted by Gasteiger charge is 2.08. The number of aliphatic hydroxyl groups is 1. The fourth-order valence-corrected chi connectivity index (χ4v) is 2.41. The largest absolute Gasteiger partial charge is 0.493 e. The summed E-state index contributed by atoms with van der Waals surface area (Å²) in [7, 11) is 0. The molecule has 0 aliphatic rings. The number of allylic oxidation sites excluding steroid dienone is 1. The summed E-state index contributed by atoms with van der Waals surface area (Å²) in [5.41, 5.74) is 1.59. The Morgan fingerprint density at radius 3 is 2.15 bits per heavy atom. The van der Waals surface area contributed by atoms with Crippen LogP contribution < -0.4 is 9.47 Å². The number of esters is 2. The fraction of sp³-hybridized carbons (Fsp3) is 0.192. The number of ether oxygens (including phenoxy) is 3. The van der Waals surface area contributed by atoms with E-state index in [0.29, 0.717) is 35.7 Å². The predicted molar refractivity (Wildman–Crippen MR) is 124 cm³/mol. The minimum Gasteiger partial charge on any atom is -0.493 e. The SMILES string of the molecule is C=C(C)C(=O)Oc1ccc(C(=O)/C=C/c2ccc(OCCCOC(=O)C(=C)CO)cc2)cc1. The van der Waals surface area contributed by atoms with Crippen molar-refractivity contribution >= 4 is 23.8 Å². The van der Waals surface area contributed by atoms with Gasteiger partial charge in [-0.1, -0.05) is 31.4 Å². The molecule has 0 unspecified atom stereocenters. The average Bonchev–Trinajstić information content (AvgIpc) is 2.82. The maximum Gasteiger partial charge on any atom is 0.338 e. The first-order chi connectivity index (χ1) is 15.8. The molecule has 7 heteroatoms. The lowest BCUT2D eigenvalue weighted by Crippen LogP contribution is -2.12. The van der Waals surface area contributed by atoms with E-state index in [1.54, 1.807) is 49.4 Å². The van der Waals surface area contributed by atoms with Crippen LogP contribution in [-0.4, -0.2) is 42.6 Å². The monoisotopic (exact) mass is 450 g/mol. The number of hydrogen-bond acceptors (Lipinski definition) is 7. The van der Waals surface area contributed by atoms with Gasteiger partial charge in [-0.15, -0.1) is 0 Å². The van der Waals surface area contributed by atoms with Crippen molar-refractivity contribution in [2.45, 2.75) is 13.3 Å². The first kappa shape index (κ1) is 25.3. The summed E-state index contributed by atoms with van der Waals surface area (Å²) >= 11 is 0. The van der Waals surface area contributed by atoms with Gasteiger partial charge < -0.3 is 19.3 Å². The fourth-order valence-electron chi connectivity index (χ4n) is 2.41. The van der Waals surface area contributed by atoms with Crippen molar-refractivity contribution < 1.29 is 33.7 Å². The lowest BCUT2D eigenvalue weighted by molar-refractivity contribution is -0.139. The molecule has 1 N–H and O–H groups in total.